The first-order valence-electron chi connectivity index (χ1n) is 8.66. The molecular weight excluding hydrogens is 320 g/mol. The van der Waals surface area contributed by atoms with Crippen molar-refractivity contribution in [1.29, 1.82) is 0 Å². The lowest BCUT2D eigenvalue weighted by Crippen LogP contribution is -2.36. The van der Waals surface area contributed by atoms with Crippen LogP contribution in [0.5, 0.6) is 0 Å². The summed E-state index contributed by atoms with van der Waals surface area (Å²) in [6.45, 7) is 5.05. The smallest absolute Gasteiger partial charge is 0.261 e. The average Bonchev–Trinajstić information content (AvgIpc) is 3.38. The van der Waals surface area contributed by atoms with Gasteiger partial charge < -0.3 is 4.90 Å². The third-order valence-electron chi connectivity index (χ3n) is 4.91. The number of thioether (sulfide) groups is 1. The van der Waals surface area contributed by atoms with Crippen LogP contribution in [0.1, 0.15) is 61.1 Å². The molecule has 3 heterocycles. The van der Waals surface area contributed by atoms with Crippen molar-refractivity contribution in [1.82, 2.24) is 14.8 Å². The van der Waals surface area contributed by atoms with Crippen molar-refractivity contribution in [3.8, 4) is 0 Å². The van der Waals surface area contributed by atoms with Crippen molar-refractivity contribution in [3.63, 3.8) is 0 Å². The number of pyridine rings is 1. The highest BCUT2D eigenvalue weighted by Gasteiger charge is 2.35. The first-order chi connectivity index (χ1) is 11.7. The van der Waals surface area contributed by atoms with E-state index in [1.54, 1.807) is 30.4 Å². The first-order valence-corrected chi connectivity index (χ1v) is 9.65. The fourth-order valence-electron chi connectivity index (χ4n) is 3.25. The summed E-state index contributed by atoms with van der Waals surface area (Å²) < 4.78 is 2.08. The fraction of sp³-hybridized carbons (Fsp3) is 0.500. The van der Waals surface area contributed by atoms with Gasteiger partial charge in [-0.05, 0) is 32.3 Å². The van der Waals surface area contributed by atoms with Crippen molar-refractivity contribution in [2.45, 2.75) is 50.0 Å². The summed E-state index contributed by atoms with van der Waals surface area (Å²) in [4.78, 5) is 20.5. The minimum Gasteiger partial charge on any atom is -0.305 e. The molecule has 6 heteroatoms. The Morgan fingerprint density at radius 3 is 3.00 bits per heavy atom. The first kappa shape index (κ1) is 15.7. The van der Waals surface area contributed by atoms with E-state index in [1.807, 2.05) is 11.0 Å². The molecule has 0 unspecified atom stereocenters. The van der Waals surface area contributed by atoms with E-state index in [1.165, 1.54) is 0 Å². The zero-order chi connectivity index (χ0) is 16.7. The van der Waals surface area contributed by atoms with Gasteiger partial charge in [0.25, 0.3) is 5.91 Å². The van der Waals surface area contributed by atoms with Crippen LogP contribution in [-0.2, 0) is 0 Å². The molecule has 2 aromatic heterocycles. The highest BCUT2D eigenvalue weighted by atomic mass is 32.2. The molecule has 1 amide bonds. The highest BCUT2D eigenvalue weighted by molar-refractivity contribution is 7.99. The molecule has 0 bridgehead atoms. The maximum Gasteiger partial charge on any atom is 0.261 e. The predicted octanol–water partition coefficient (Wildman–Crippen LogP) is 3.88. The second kappa shape index (κ2) is 6.24. The van der Waals surface area contributed by atoms with E-state index in [0.717, 1.165) is 53.4 Å². The molecular formula is C18H22N4OS. The molecule has 1 aliphatic carbocycles. The number of aromatic nitrogens is 3. The van der Waals surface area contributed by atoms with Crippen LogP contribution in [0.15, 0.2) is 29.6 Å². The van der Waals surface area contributed by atoms with E-state index >= 15 is 0 Å². The largest absolute Gasteiger partial charge is 0.305 e. The van der Waals surface area contributed by atoms with Crippen LogP contribution in [0.2, 0.25) is 0 Å². The Kier molecular flexibility index (Phi) is 4.08. The molecule has 0 spiro atoms. The third-order valence-corrected chi connectivity index (χ3v) is 5.95. The number of fused-ring (bicyclic) bond motifs is 1. The number of rotatable bonds is 4. The molecule has 2 aromatic rings. The molecule has 24 heavy (non-hydrogen) atoms. The lowest BCUT2D eigenvalue weighted by atomic mass is 10.1. The molecule has 4 rings (SSSR count). The van der Waals surface area contributed by atoms with Gasteiger partial charge in [0.1, 0.15) is 0 Å². The van der Waals surface area contributed by atoms with Gasteiger partial charge in [-0.25, -0.2) is 0 Å². The number of hydrogen-bond donors (Lipinski definition) is 0. The molecule has 1 saturated carbocycles. The molecule has 1 fully saturated rings. The molecule has 0 N–H and O–H groups in total. The molecule has 1 atom stereocenters. The van der Waals surface area contributed by atoms with Gasteiger partial charge in [0.05, 0.1) is 29.3 Å². The van der Waals surface area contributed by atoms with Gasteiger partial charge in [-0.2, -0.15) is 5.10 Å². The quantitative estimate of drug-likeness (QED) is 0.846. The Morgan fingerprint density at radius 1 is 1.42 bits per heavy atom. The summed E-state index contributed by atoms with van der Waals surface area (Å²) in [5.74, 6) is 1.48. The summed E-state index contributed by atoms with van der Waals surface area (Å²) in [5, 5.41) is 4.57. The maximum absolute atomic E-state index is 13.3. The number of nitrogens with zero attached hydrogens (tertiary/aromatic N) is 4. The van der Waals surface area contributed by atoms with E-state index in [0.29, 0.717) is 12.0 Å². The maximum atomic E-state index is 13.3. The van der Waals surface area contributed by atoms with E-state index in [2.05, 4.69) is 28.6 Å². The Balaban J connectivity index is 1.72. The van der Waals surface area contributed by atoms with Gasteiger partial charge >= 0.3 is 0 Å². The Morgan fingerprint density at radius 2 is 2.25 bits per heavy atom. The summed E-state index contributed by atoms with van der Waals surface area (Å²) >= 11 is 1.79. The Labute approximate surface area is 146 Å². The minimum atomic E-state index is 0.0704. The van der Waals surface area contributed by atoms with Crippen LogP contribution >= 0.6 is 11.8 Å². The number of carbonyl (C=O) groups is 1. The van der Waals surface area contributed by atoms with Crippen LogP contribution in [0.4, 0.5) is 5.69 Å². The van der Waals surface area contributed by atoms with Crippen LogP contribution in [-0.4, -0.2) is 33.0 Å². The normalized spacial score (nSPS) is 18.3. The van der Waals surface area contributed by atoms with Crippen molar-refractivity contribution >= 4 is 23.4 Å². The Bertz CT molecular complexity index is 768. The van der Waals surface area contributed by atoms with Crippen LogP contribution in [0, 0.1) is 0 Å². The second-order valence-corrected chi connectivity index (χ2v) is 7.70. The fourth-order valence-corrected chi connectivity index (χ4v) is 4.21. The van der Waals surface area contributed by atoms with Crippen LogP contribution in [0.25, 0.3) is 0 Å². The molecule has 126 valence electrons. The van der Waals surface area contributed by atoms with Gasteiger partial charge in [-0.15, -0.1) is 11.8 Å². The van der Waals surface area contributed by atoms with Crippen LogP contribution < -0.4 is 4.90 Å². The van der Waals surface area contributed by atoms with E-state index in [-0.39, 0.29) is 5.91 Å². The third kappa shape index (κ3) is 2.62. The number of carbonyl (C=O) groups excluding carboxylic acids is 1. The van der Waals surface area contributed by atoms with E-state index < -0.39 is 0 Å². The van der Waals surface area contributed by atoms with Gasteiger partial charge in [-0.3, -0.25) is 14.5 Å². The standard InChI is InChI=1S/C18H22N4OS/c1-3-12(2)22-17(13-4-5-13)14(10-20-22)18(23)21-8-9-24-16-6-7-19-11-15(16)21/h6-7,10-13H,3-5,8-9H2,1-2H3/t12-/m1/s1. The van der Waals surface area contributed by atoms with Crippen molar-refractivity contribution < 1.29 is 4.79 Å². The monoisotopic (exact) mass is 342 g/mol. The highest BCUT2D eigenvalue weighted by Crippen LogP contribution is 2.43. The Hall–Kier alpha value is -1.82. The van der Waals surface area contributed by atoms with Gasteiger partial charge in [-0.1, -0.05) is 6.92 Å². The predicted molar refractivity (Wildman–Crippen MR) is 95.8 cm³/mol. The minimum absolute atomic E-state index is 0.0704. The lowest BCUT2D eigenvalue weighted by Gasteiger charge is -2.28. The summed E-state index contributed by atoms with van der Waals surface area (Å²) in [5.41, 5.74) is 2.84. The van der Waals surface area contributed by atoms with E-state index in [9.17, 15) is 4.79 Å². The molecule has 0 radical (unpaired) electrons. The van der Waals surface area contributed by atoms with Gasteiger partial charge in [0.15, 0.2) is 0 Å². The number of amides is 1. The lowest BCUT2D eigenvalue weighted by molar-refractivity contribution is 0.0986. The number of hydrogen-bond acceptors (Lipinski definition) is 4. The molecule has 1 aliphatic heterocycles. The van der Waals surface area contributed by atoms with Gasteiger partial charge in [0, 0.05) is 35.3 Å². The molecule has 0 aromatic carbocycles. The van der Waals surface area contributed by atoms with Crippen molar-refractivity contribution in [2.24, 2.45) is 0 Å². The average molecular weight is 342 g/mol. The second-order valence-electron chi connectivity index (χ2n) is 6.57. The van der Waals surface area contributed by atoms with Crippen molar-refractivity contribution in [2.75, 3.05) is 17.2 Å². The topological polar surface area (TPSA) is 51.0 Å². The summed E-state index contributed by atoms with van der Waals surface area (Å²) in [6.07, 6.45) is 8.71. The molecule has 0 saturated heterocycles. The molecule has 5 nitrogen and oxygen atoms in total. The SMILES string of the molecule is CC[C@@H](C)n1ncc(C(=O)N2CCSc3ccncc32)c1C1CC1. The summed E-state index contributed by atoms with van der Waals surface area (Å²) in [7, 11) is 0. The van der Waals surface area contributed by atoms with Crippen molar-refractivity contribution in [3.05, 3.63) is 35.9 Å². The zero-order valence-corrected chi connectivity index (χ0v) is 14.9. The van der Waals surface area contributed by atoms with Crippen LogP contribution in [0.3, 0.4) is 0 Å². The molecule has 2 aliphatic rings. The number of anilines is 1. The van der Waals surface area contributed by atoms with Gasteiger partial charge in [0.2, 0.25) is 0 Å². The summed E-state index contributed by atoms with van der Waals surface area (Å²) in [6, 6.07) is 2.32. The zero-order valence-electron chi connectivity index (χ0n) is 14.1. The van der Waals surface area contributed by atoms with E-state index in [4.69, 9.17) is 0 Å².